The van der Waals surface area contributed by atoms with Crippen LogP contribution in [-0.4, -0.2) is 95.9 Å². The molecule has 16 nitrogen and oxygen atoms in total. The van der Waals surface area contributed by atoms with Gasteiger partial charge in [0.1, 0.15) is 25.4 Å². The van der Waals surface area contributed by atoms with Crippen molar-refractivity contribution in [2.24, 2.45) is 0 Å². The van der Waals surface area contributed by atoms with Gasteiger partial charge in [-0.2, -0.15) is 0 Å². The van der Waals surface area contributed by atoms with E-state index in [1.807, 2.05) is 0 Å². The first-order chi connectivity index (χ1) is 57.2. The number of carbonyl (C=O) groups excluding carboxylic acids is 3. The molecule has 0 aliphatic heterocycles. The zero-order chi connectivity index (χ0) is 85.1. The molecule has 0 spiro atoms. The van der Waals surface area contributed by atoms with Gasteiger partial charge in [-0.05, 0) is 154 Å². The van der Waals surface area contributed by atoms with Gasteiger partial charge in [-0.25, -0.2) is 9.13 Å². The van der Waals surface area contributed by atoms with E-state index >= 15 is 0 Å². The van der Waals surface area contributed by atoms with Crippen LogP contribution in [0.2, 0.25) is 0 Å². The van der Waals surface area contributed by atoms with Crippen molar-refractivity contribution in [3.05, 3.63) is 170 Å². The van der Waals surface area contributed by atoms with Crippen LogP contribution >= 0.6 is 15.6 Å². The molecule has 0 aromatic heterocycles. The van der Waals surface area contributed by atoms with Crippen LogP contribution in [0.4, 0.5) is 0 Å². The number of phosphoric acid groups is 2. The molecule has 4 N–H and O–H groups in total. The molecule has 0 bridgehead atoms. The summed E-state index contributed by atoms with van der Waals surface area (Å²) in [6, 6.07) is 0. The van der Waals surface area contributed by atoms with Crippen molar-refractivity contribution < 1.29 is 75.8 Å². The Kier molecular flexibility index (Phi) is 86.2. The van der Waals surface area contributed by atoms with E-state index in [1.54, 1.807) is 0 Å². The number of hydrogen-bond donors (Lipinski definition) is 4. The number of phosphoric ester groups is 2. The Labute approximate surface area is 713 Å². The van der Waals surface area contributed by atoms with Gasteiger partial charge in [0.05, 0.1) is 26.4 Å². The Bertz CT molecular complexity index is 2810. The van der Waals surface area contributed by atoms with Gasteiger partial charge in [-0.1, -0.05) is 377 Å². The molecule has 0 amide bonds. The van der Waals surface area contributed by atoms with E-state index in [0.29, 0.717) is 19.3 Å². The van der Waals surface area contributed by atoms with E-state index in [2.05, 4.69) is 191 Å². The molecule has 670 valence electrons. The molecule has 0 aliphatic carbocycles. The number of rotatable bonds is 87. The number of ether oxygens (including phenoxy) is 3. The molecule has 0 saturated carbocycles. The van der Waals surface area contributed by atoms with Crippen LogP contribution in [0.25, 0.3) is 0 Å². The van der Waals surface area contributed by atoms with Crippen molar-refractivity contribution >= 4 is 33.6 Å². The second kappa shape index (κ2) is 90.2. The third-order valence-corrected chi connectivity index (χ3v) is 21.3. The summed E-state index contributed by atoms with van der Waals surface area (Å²) < 4.78 is 61.5. The summed E-state index contributed by atoms with van der Waals surface area (Å²) in [6.07, 6.45) is 117. The molecule has 0 aromatic rings. The summed E-state index contributed by atoms with van der Waals surface area (Å²) in [6.45, 7) is 2.46. The van der Waals surface area contributed by atoms with Crippen molar-refractivity contribution in [2.75, 3.05) is 39.6 Å². The van der Waals surface area contributed by atoms with Crippen molar-refractivity contribution in [1.82, 2.24) is 0 Å². The largest absolute Gasteiger partial charge is 0.472 e. The third kappa shape index (κ3) is 91.5. The predicted molar refractivity (Wildman–Crippen MR) is 491 cm³/mol. The van der Waals surface area contributed by atoms with Crippen molar-refractivity contribution in [1.29, 1.82) is 0 Å². The molecule has 18 heteroatoms. The molecule has 0 fully saturated rings. The minimum atomic E-state index is -4.95. The molecule has 117 heavy (non-hydrogen) atoms. The lowest BCUT2D eigenvalue weighted by atomic mass is 10.0. The standard InChI is InChI=1S/C99H168O16P2/c1-4-7-10-13-16-19-22-25-28-31-34-37-40-43-45-46-48-51-52-55-58-61-64-67-70-73-76-79-82-85-97(102)109-88-94(100)89-111-116(105,106)112-90-95(101)91-113-117(107,108)114-93-96(115-99(104)87-84-81-78-75-72-69-66-63-60-57-54-49-42-39-36-33-30-27-24-21-18-15-12-9-6-3)92-110-98(103)86-83-80-77-74-71-68-65-62-59-56-53-50-47-44-41-38-35-32-29-26-23-20-17-14-11-8-5-2/h7-8,10-11,16-21,25-30,34-39,43-45,47,49,54,94-96,100-101H,4-6,9,12-15,22-24,31-33,40-42,46,48,50-53,55-93H2,1-3H3,(H,105,106)(H,107,108)/b10-7-,11-8-,19-16-,20-17-,21-18-,28-25-,29-26-,30-27-,37-34-,38-35-,39-36-,45-43-,47-44-,54-49-. The number of hydrogen-bond acceptors (Lipinski definition) is 14. The number of unbranched alkanes of at least 4 members (excludes halogenated alkanes) is 36. The molecule has 0 aliphatic rings. The Morgan fingerprint density at radius 2 is 0.453 bits per heavy atom. The molecule has 5 atom stereocenters. The fourth-order valence-corrected chi connectivity index (χ4v) is 14.0. The first-order valence-electron chi connectivity index (χ1n) is 46.4. The SMILES string of the molecule is CC/C=C\C/C=C\C/C=C\C/C=C\C/C=C\CCCCCCCCCCCCCCCC(=O)OCC(O)COP(=O)(O)OCC(O)COP(=O)(O)OCC(COC(=O)CCCCCCCCCCCCC/C=C\C/C=C\C/C=C\C/C=C\C/C=C\CC)OC(=O)CCCCCCCCCCC/C=C\C/C=C\C/C=C\C/C=C\CCCCC. The number of allylic oxidation sites excluding steroid dienone is 28. The van der Waals surface area contributed by atoms with Gasteiger partial charge >= 0.3 is 33.6 Å². The van der Waals surface area contributed by atoms with E-state index in [1.165, 1.54) is 148 Å². The maximum atomic E-state index is 13.1. The quantitative estimate of drug-likeness (QED) is 0.0146. The van der Waals surface area contributed by atoms with Crippen LogP contribution < -0.4 is 0 Å². The topological polar surface area (TPSA) is 231 Å². The number of esters is 3. The number of aliphatic hydroxyl groups excluding tert-OH is 2. The summed E-state index contributed by atoms with van der Waals surface area (Å²) in [5.41, 5.74) is 0. The van der Waals surface area contributed by atoms with Crippen molar-refractivity contribution in [3.63, 3.8) is 0 Å². The molecule has 0 radical (unpaired) electrons. The minimum absolute atomic E-state index is 0.0927. The van der Waals surface area contributed by atoms with Crippen LogP contribution in [0.15, 0.2) is 170 Å². The highest BCUT2D eigenvalue weighted by molar-refractivity contribution is 7.47. The third-order valence-electron chi connectivity index (χ3n) is 19.4. The van der Waals surface area contributed by atoms with E-state index < -0.39 is 91.5 Å². The van der Waals surface area contributed by atoms with Crippen LogP contribution in [0, 0.1) is 0 Å². The van der Waals surface area contributed by atoms with Gasteiger partial charge in [0.2, 0.25) is 0 Å². The molecular weight excluding hydrogens is 1510 g/mol. The fraction of sp³-hybridized carbons (Fsp3) is 0.687. The summed E-state index contributed by atoms with van der Waals surface area (Å²) in [5, 5.41) is 20.7. The normalized spacial score (nSPS) is 14.6. The van der Waals surface area contributed by atoms with E-state index in [9.17, 15) is 43.5 Å². The van der Waals surface area contributed by atoms with Gasteiger partial charge in [0.15, 0.2) is 6.10 Å². The Morgan fingerprint density at radius 1 is 0.248 bits per heavy atom. The second-order valence-electron chi connectivity index (χ2n) is 30.7. The highest BCUT2D eigenvalue weighted by Gasteiger charge is 2.29. The maximum Gasteiger partial charge on any atom is 0.472 e. The Hall–Kier alpha value is -5.09. The van der Waals surface area contributed by atoms with Crippen LogP contribution in [0.5, 0.6) is 0 Å². The predicted octanol–water partition coefficient (Wildman–Crippen LogP) is 28.7. The van der Waals surface area contributed by atoms with E-state index in [0.717, 1.165) is 173 Å². The highest BCUT2D eigenvalue weighted by Crippen LogP contribution is 2.45. The first-order valence-corrected chi connectivity index (χ1v) is 49.4. The lowest BCUT2D eigenvalue weighted by molar-refractivity contribution is -0.161. The molecule has 0 heterocycles. The zero-order valence-electron chi connectivity index (χ0n) is 73.8. The van der Waals surface area contributed by atoms with Gasteiger partial charge in [-0.3, -0.25) is 32.5 Å². The number of aliphatic hydroxyl groups is 2. The summed E-state index contributed by atoms with van der Waals surface area (Å²) in [4.78, 5) is 59.1. The van der Waals surface area contributed by atoms with Crippen LogP contribution in [-0.2, 0) is 55.8 Å². The average Bonchev–Trinajstić information content (AvgIpc) is 0.904. The maximum absolute atomic E-state index is 13.1. The molecule has 0 rings (SSSR count). The van der Waals surface area contributed by atoms with Crippen molar-refractivity contribution in [3.8, 4) is 0 Å². The molecule has 0 saturated heterocycles. The summed E-state index contributed by atoms with van der Waals surface area (Å²) >= 11 is 0. The lowest BCUT2D eigenvalue weighted by Crippen LogP contribution is -2.30. The first kappa shape index (κ1) is 112. The monoisotopic (exact) mass is 1680 g/mol. The molecule has 0 aromatic carbocycles. The minimum Gasteiger partial charge on any atom is -0.463 e. The average molecular weight is 1680 g/mol. The van der Waals surface area contributed by atoms with Gasteiger partial charge in [-0.15, -0.1) is 0 Å². The fourth-order valence-electron chi connectivity index (χ4n) is 12.4. The lowest BCUT2D eigenvalue weighted by Gasteiger charge is -2.21. The van der Waals surface area contributed by atoms with Gasteiger partial charge < -0.3 is 34.2 Å². The van der Waals surface area contributed by atoms with Crippen molar-refractivity contribution in [2.45, 2.75) is 399 Å². The van der Waals surface area contributed by atoms with Gasteiger partial charge in [0, 0.05) is 19.3 Å². The van der Waals surface area contributed by atoms with Gasteiger partial charge in [0.25, 0.3) is 0 Å². The summed E-state index contributed by atoms with van der Waals surface area (Å²) in [5.74, 6) is -1.58. The number of carbonyl (C=O) groups is 3. The Balaban J connectivity index is 4.66. The Morgan fingerprint density at radius 3 is 0.718 bits per heavy atom. The molecule has 5 unspecified atom stereocenters. The summed E-state index contributed by atoms with van der Waals surface area (Å²) in [7, 11) is -9.82. The highest BCUT2D eigenvalue weighted by atomic mass is 31.2. The smallest absolute Gasteiger partial charge is 0.463 e. The molecular formula is C99H168O16P2. The van der Waals surface area contributed by atoms with E-state index in [4.69, 9.17) is 32.3 Å². The van der Waals surface area contributed by atoms with Crippen LogP contribution in [0.1, 0.15) is 380 Å². The second-order valence-corrected chi connectivity index (χ2v) is 33.6. The van der Waals surface area contributed by atoms with E-state index in [-0.39, 0.29) is 19.3 Å². The van der Waals surface area contributed by atoms with Crippen LogP contribution in [0.3, 0.4) is 0 Å². The zero-order valence-corrected chi connectivity index (χ0v) is 75.6.